The molecule has 0 radical (unpaired) electrons. The second-order valence-corrected chi connectivity index (χ2v) is 4.00. The Hall–Kier alpha value is -0.960. The summed E-state index contributed by atoms with van der Waals surface area (Å²) in [4.78, 5) is 4.07. The SMILES string of the molecule is N#Cc1cnc2n1C=IC=C2. The maximum atomic E-state index is 8.64. The van der Waals surface area contributed by atoms with Gasteiger partial charge in [0.05, 0.1) is 6.20 Å². The predicted octanol–water partition coefficient (Wildman–Crippen LogP) is 1.32. The molecule has 0 unspecified atom stereocenters. The molecule has 0 aromatic carbocycles. The Bertz CT molecular complexity index is 381. The summed E-state index contributed by atoms with van der Waals surface area (Å²) in [5, 5.41) is 8.64. The van der Waals surface area contributed by atoms with E-state index in [1.807, 2.05) is 10.6 Å². The fourth-order valence-corrected chi connectivity index (χ4v) is 2.49. The van der Waals surface area contributed by atoms with Gasteiger partial charge in [0.1, 0.15) is 17.6 Å². The molecule has 0 aliphatic carbocycles. The number of hydrogen-bond donors (Lipinski definition) is 0. The zero-order valence-electron chi connectivity index (χ0n) is 5.53. The largest absolute Gasteiger partial charge is 0.286 e. The molecular weight excluding hydrogens is 253 g/mol. The first kappa shape index (κ1) is 6.73. The van der Waals surface area contributed by atoms with E-state index in [0.717, 1.165) is 5.82 Å². The Labute approximate surface area is 73.7 Å². The van der Waals surface area contributed by atoms with Gasteiger partial charge in [0, 0.05) is 4.14 Å². The molecule has 4 heteroatoms. The Balaban J connectivity index is 2.68. The van der Waals surface area contributed by atoms with E-state index >= 15 is 0 Å². The number of rotatable bonds is 0. The first-order valence-corrected chi connectivity index (χ1v) is 5.50. The van der Waals surface area contributed by atoms with Crippen LogP contribution in [0.4, 0.5) is 0 Å². The second kappa shape index (κ2) is 2.58. The highest BCUT2D eigenvalue weighted by Gasteiger charge is 2.05. The van der Waals surface area contributed by atoms with Gasteiger partial charge < -0.3 is 0 Å². The summed E-state index contributed by atoms with van der Waals surface area (Å²) in [6, 6.07) is 2.09. The summed E-state index contributed by atoms with van der Waals surface area (Å²) in [6.45, 7) is 0. The number of aromatic nitrogens is 2. The predicted molar refractivity (Wildman–Crippen MR) is 51.5 cm³/mol. The average Bonchev–Trinajstić information content (AvgIpc) is 2.47. The van der Waals surface area contributed by atoms with Crippen molar-refractivity contribution in [2.75, 3.05) is 0 Å². The summed E-state index contributed by atoms with van der Waals surface area (Å²) in [7, 11) is 0. The van der Waals surface area contributed by atoms with Gasteiger partial charge in [0.2, 0.25) is 0 Å². The molecule has 1 aromatic rings. The lowest BCUT2D eigenvalue weighted by molar-refractivity contribution is 1.13. The van der Waals surface area contributed by atoms with Crippen LogP contribution >= 0.6 is 20.7 Å². The van der Waals surface area contributed by atoms with Crippen LogP contribution in [0, 0.1) is 11.3 Å². The summed E-state index contributed by atoms with van der Waals surface area (Å²) in [6.07, 6.45) is 3.57. The van der Waals surface area contributed by atoms with E-state index in [1.54, 1.807) is 6.20 Å². The summed E-state index contributed by atoms with van der Waals surface area (Å²) in [5.41, 5.74) is 0.629. The molecule has 3 nitrogen and oxygen atoms in total. The molecule has 0 spiro atoms. The number of nitriles is 1. The van der Waals surface area contributed by atoms with Crippen molar-refractivity contribution in [3.63, 3.8) is 0 Å². The topological polar surface area (TPSA) is 41.6 Å². The lowest BCUT2D eigenvalue weighted by Gasteiger charge is -1.99. The third-order valence-electron chi connectivity index (χ3n) is 1.38. The number of nitrogens with zero attached hydrogens (tertiary/aromatic N) is 3. The van der Waals surface area contributed by atoms with Crippen molar-refractivity contribution in [1.82, 2.24) is 9.55 Å². The normalized spacial score (nSPS) is 13.4. The molecule has 0 fully saturated rings. The van der Waals surface area contributed by atoms with Crippen LogP contribution in [-0.2, 0) is 0 Å². The molecule has 1 aliphatic rings. The molecule has 11 heavy (non-hydrogen) atoms. The molecule has 1 aromatic heterocycles. The molecule has 1 aliphatic heterocycles. The van der Waals surface area contributed by atoms with Gasteiger partial charge in [-0.05, 0) is 10.2 Å². The molecule has 0 saturated carbocycles. The first-order chi connectivity index (χ1) is 5.42. The molecule has 0 bridgehead atoms. The fourth-order valence-electron chi connectivity index (χ4n) is 0.865. The van der Waals surface area contributed by atoms with Gasteiger partial charge in [-0.25, -0.2) is 4.98 Å². The fraction of sp³-hybridized carbons (Fsp3) is 0. The van der Waals surface area contributed by atoms with Crippen LogP contribution < -0.4 is 0 Å². The van der Waals surface area contributed by atoms with Crippen molar-refractivity contribution < 1.29 is 0 Å². The summed E-state index contributed by atoms with van der Waals surface area (Å²) in [5.74, 6) is 0.868. The van der Waals surface area contributed by atoms with Crippen molar-refractivity contribution in [3.8, 4) is 6.07 Å². The van der Waals surface area contributed by atoms with Gasteiger partial charge in [0.15, 0.2) is 0 Å². The van der Waals surface area contributed by atoms with E-state index in [4.69, 9.17) is 5.26 Å². The van der Waals surface area contributed by atoms with E-state index in [-0.39, 0.29) is 20.7 Å². The Kier molecular flexibility index (Phi) is 1.58. The third-order valence-corrected chi connectivity index (χ3v) is 3.03. The Morgan fingerprint density at radius 1 is 1.64 bits per heavy atom. The molecular formula is C7H4IN3. The molecule has 0 N–H and O–H groups in total. The van der Waals surface area contributed by atoms with Crippen LogP contribution in [-0.4, -0.2) is 13.7 Å². The van der Waals surface area contributed by atoms with Gasteiger partial charge in [0.25, 0.3) is 0 Å². The molecule has 0 saturated heterocycles. The highest BCUT2D eigenvalue weighted by Crippen LogP contribution is 2.13. The molecule has 2 rings (SSSR count). The Morgan fingerprint density at radius 2 is 2.55 bits per heavy atom. The monoisotopic (exact) mass is 257 g/mol. The van der Waals surface area contributed by atoms with Crippen LogP contribution in [0.2, 0.25) is 0 Å². The average molecular weight is 257 g/mol. The Morgan fingerprint density at radius 3 is 3.36 bits per heavy atom. The van der Waals surface area contributed by atoms with Gasteiger partial charge in [-0.1, -0.05) is 20.7 Å². The number of halogens is 1. The standard InChI is InChI=1S/C7H4IN3/c9-3-6-4-10-7-1-2-8-5-11(6)7/h1-2,4-5H. The smallest absolute Gasteiger partial charge is 0.144 e. The van der Waals surface area contributed by atoms with Gasteiger partial charge in [-0.2, -0.15) is 5.26 Å². The van der Waals surface area contributed by atoms with E-state index in [0.29, 0.717) is 5.69 Å². The van der Waals surface area contributed by atoms with Crippen LogP contribution in [0.25, 0.3) is 6.08 Å². The van der Waals surface area contributed by atoms with Crippen molar-refractivity contribution in [1.29, 1.82) is 5.26 Å². The van der Waals surface area contributed by atoms with E-state index < -0.39 is 0 Å². The zero-order chi connectivity index (χ0) is 7.68. The van der Waals surface area contributed by atoms with Crippen LogP contribution in [0.5, 0.6) is 0 Å². The zero-order valence-corrected chi connectivity index (χ0v) is 7.69. The van der Waals surface area contributed by atoms with Crippen molar-refractivity contribution in [3.05, 3.63) is 21.8 Å². The molecule has 0 atom stereocenters. The van der Waals surface area contributed by atoms with Crippen LogP contribution in [0.1, 0.15) is 11.5 Å². The lowest BCUT2D eigenvalue weighted by Crippen LogP contribution is -2.00. The lowest BCUT2D eigenvalue weighted by atomic mass is 10.5. The summed E-state index contributed by atoms with van der Waals surface area (Å²) < 4.78 is 6.04. The third kappa shape index (κ3) is 1.01. The van der Waals surface area contributed by atoms with Crippen molar-refractivity contribution in [2.24, 2.45) is 0 Å². The number of fused-ring (bicyclic) bond motifs is 1. The minimum Gasteiger partial charge on any atom is -0.286 e. The van der Waals surface area contributed by atoms with Gasteiger partial charge in [-0.3, -0.25) is 4.57 Å². The van der Waals surface area contributed by atoms with Crippen LogP contribution in [0.15, 0.2) is 10.3 Å². The van der Waals surface area contributed by atoms with E-state index in [2.05, 4.69) is 19.3 Å². The molecule has 2 heterocycles. The van der Waals surface area contributed by atoms with Gasteiger partial charge in [-0.15, -0.1) is 0 Å². The van der Waals surface area contributed by atoms with Crippen molar-refractivity contribution >= 4 is 30.9 Å². The quantitative estimate of drug-likeness (QED) is 0.657. The maximum Gasteiger partial charge on any atom is 0.144 e. The first-order valence-electron chi connectivity index (χ1n) is 3.01. The minimum absolute atomic E-state index is 0.00474. The van der Waals surface area contributed by atoms with E-state index in [9.17, 15) is 0 Å². The second-order valence-electron chi connectivity index (χ2n) is 2.00. The highest BCUT2D eigenvalue weighted by molar-refractivity contribution is 14.2. The maximum absolute atomic E-state index is 8.64. The molecule has 0 amide bonds. The highest BCUT2D eigenvalue weighted by atomic mass is 127. The summed E-state index contributed by atoms with van der Waals surface area (Å²) >= 11 is -0.00474. The number of hydrogen-bond acceptors (Lipinski definition) is 2. The van der Waals surface area contributed by atoms with Gasteiger partial charge >= 0.3 is 0 Å². The van der Waals surface area contributed by atoms with Crippen molar-refractivity contribution in [2.45, 2.75) is 0 Å². The van der Waals surface area contributed by atoms with E-state index in [1.165, 1.54) is 0 Å². The minimum atomic E-state index is -0.00474. The molecule has 54 valence electrons. The van der Waals surface area contributed by atoms with Crippen LogP contribution in [0.3, 0.4) is 0 Å². The number of imidazole rings is 1.